The van der Waals surface area contributed by atoms with E-state index >= 15 is 0 Å². The molecule has 4 heteroatoms. The lowest BCUT2D eigenvalue weighted by molar-refractivity contribution is -0.113. The van der Waals surface area contributed by atoms with Gasteiger partial charge in [-0.15, -0.1) is 0 Å². The van der Waals surface area contributed by atoms with E-state index in [1.807, 2.05) is 48.5 Å². The normalized spacial score (nSPS) is 16.2. The van der Waals surface area contributed by atoms with Gasteiger partial charge in [0.05, 0.1) is 0 Å². The van der Waals surface area contributed by atoms with Crippen molar-refractivity contribution < 1.29 is 14.4 Å². The third kappa shape index (κ3) is 5.45. The zero-order chi connectivity index (χ0) is 17.3. The van der Waals surface area contributed by atoms with Crippen molar-refractivity contribution in [3.63, 3.8) is 0 Å². The molecule has 2 aromatic carbocycles. The molecule has 1 atom stereocenters. The van der Waals surface area contributed by atoms with Gasteiger partial charge in [-0.2, -0.15) is 0 Å². The van der Waals surface area contributed by atoms with Gasteiger partial charge in [-0.25, -0.2) is 0 Å². The van der Waals surface area contributed by atoms with E-state index in [9.17, 15) is 4.79 Å². The number of ketones is 1. The highest BCUT2D eigenvalue weighted by Crippen LogP contribution is 2.16. The summed E-state index contributed by atoms with van der Waals surface area (Å²) < 4.78 is 5.66. The van der Waals surface area contributed by atoms with E-state index in [2.05, 4.69) is 17.3 Å². The third-order valence-corrected chi connectivity index (χ3v) is 4.20. The molecular weight excluding hydrogens is 314 g/mol. The van der Waals surface area contributed by atoms with Crippen molar-refractivity contribution in [3.05, 3.63) is 66.2 Å². The first-order valence-corrected chi connectivity index (χ1v) is 8.79. The van der Waals surface area contributed by atoms with Gasteiger partial charge in [0.2, 0.25) is 0 Å². The molecule has 0 saturated heterocycles. The molecule has 0 amide bonds. The number of Topliss-reactive ketones (excluding diaryl/α,β-unsaturated/α-hetero) is 1. The molecule has 1 aliphatic heterocycles. The molecule has 3 rings (SSSR count). The lowest BCUT2D eigenvalue weighted by atomic mass is 10.0. The number of hydrogen-bond donors (Lipinski definition) is 0. The van der Waals surface area contributed by atoms with E-state index in [0.29, 0.717) is 25.2 Å². The Bertz CT molecular complexity index is 698. The summed E-state index contributed by atoms with van der Waals surface area (Å²) in [7, 11) is 0. The molecule has 0 fully saturated rings. The summed E-state index contributed by atoms with van der Waals surface area (Å²) in [6.45, 7) is 0.401. The highest BCUT2D eigenvalue weighted by atomic mass is 16.7. The van der Waals surface area contributed by atoms with Crippen molar-refractivity contribution >= 4 is 11.5 Å². The van der Waals surface area contributed by atoms with Gasteiger partial charge in [-0.1, -0.05) is 53.7 Å². The Balaban J connectivity index is 1.33. The number of nitrogens with zero attached hydrogens (tertiary/aromatic N) is 1. The number of oxime groups is 1. The molecule has 0 saturated carbocycles. The minimum Gasteiger partial charge on any atom is -0.490 e. The third-order valence-electron chi connectivity index (χ3n) is 4.20. The number of para-hydroxylation sites is 1. The van der Waals surface area contributed by atoms with E-state index in [4.69, 9.17) is 9.57 Å². The van der Waals surface area contributed by atoms with Crippen molar-refractivity contribution in [1.82, 2.24) is 0 Å². The number of carbonyl (C=O) groups excluding carboxylic acids is 1. The van der Waals surface area contributed by atoms with Crippen LogP contribution in [0, 0.1) is 0 Å². The Labute approximate surface area is 148 Å². The highest BCUT2D eigenvalue weighted by molar-refractivity contribution is 6.40. The van der Waals surface area contributed by atoms with Gasteiger partial charge in [0.1, 0.15) is 18.1 Å². The highest BCUT2D eigenvalue weighted by Gasteiger charge is 2.26. The van der Waals surface area contributed by atoms with Crippen LogP contribution >= 0.6 is 0 Å². The molecule has 25 heavy (non-hydrogen) atoms. The van der Waals surface area contributed by atoms with Crippen LogP contribution in [0.25, 0.3) is 0 Å². The Morgan fingerprint density at radius 3 is 2.52 bits per heavy atom. The average molecular weight is 337 g/mol. The number of aryl methyl sites for hydroxylation is 1. The molecule has 0 bridgehead atoms. The summed E-state index contributed by atoms with van der Waals surface area (Å²) in [6, 6.07) is 19.9. The number of unbranched alkanes of at least 4 members (excludes halogenated alkanes) is 1. The molecule has 0 aliphatic carbocycles. The van der Waals surface area contributed by atoms with Crippen LogP contribution in [0.1, 0.15) is 31.2 Å². The van der Waals surface area contributed by atoms with Crippen LogP contribution in [0.5, 0.6) is 5.75 Å². The topological polar surface area (TPSA) is 47.9 Å². The summed E-state index contributed by atoms with van der Waals surface area (Å²) in [6.07, 6.45) is 3.77. The molecule has 4 nitrogen and oxygen atoms in total. The van der Waals surface area contributed by atoms with Crippen molar-refractivity contribution in [2.75, 3.05) is 6.61 Å². The van der Waals surface area contributed by atoms with Crippen LogP contribution in [0.3, 0.4) is 0 Å². The molecule has 0 aromatic heterocycles. The number of ether oxygens (including phenoxy) is 1. The molecular formula is C21H23NO3. The predicted molar refractivity (Wildman–Crippen MR) is 97.9 cm³/mol. The molecule has 2 aromatic rings. The van der Waals surface area contributed by atoms with Crippen LogP contribution in [-0.2, 0) is 16.1 Å². The zero-order valence-electron chi connectivity index (χ0n) is 14.3. The fourth-order valence-corrected chi connectivity index (χ4v) is 2.79. The predicted octanol–water partition coefficient (Wildman–Crippen LogP) is 4.19. The van der Waals surface area contributed by atoms with E-state index in [1.54, 1.807) is 0 Å². The Morgan fingerprint density at radius 1 is 1.04 bits per heavy atom. The molecule has 1 unspecified atom stereocenters. The Morgan fingerprint density at radius 2 is 1.76 bits per heavy atom. The molecule has 1 heterocycles. The molecule has 0 radical (unpaired) electrons. The summed E-state index contributed by atoms with van der Waals surface area (Å²) in [5, 5.41) is 3.95. The summed E-state index contributed by atoms with van der Waals surface area (Å²) in [5.41, 5.74) is 1.86. The molecule has 0 N–H and O–H groups in total. The lowest BCUT2D eigenvalue weighted by Gasteiger charge is -2.10. The van der Waals surface area contributed by atoms with E-state index in [0.717, 1.165) is 25.0 Å². The van der Waals surface area contributed by atoms with Crippen molar-refractivity contribution in [2.24, 2.45) is 5.16 Å². The van der Waals surface area contributed by atoms with Gasteiger partial charge in [-0.05, 0) is 37.0 Å². The fourth-order valence-electron chi connectivity index (χ4n) is 2.79. The zero-order valence-corrected chi connectivity index (χ0v) is 14.3. The van der Waals surface area contributed by atoms with Gasteiger partial charge >= 0.3 is 0 Å². The molecule has 130 valence electrons. The average Bonchev–Trinajstić information content (AvgIpc) is 3.14. The van der Waals surface area contributed by atoms with Gasteiger partial charge in [-0.3, -0.25) is 4.79 Å². The minimum atomic E-state index is -0.177. The monoisotopic (exact) mass is 337 g/mol. The van der Waals surface area contributed by atoms with Crippen LogP contribution in [0.2, 0.25) is 0 Å². The Kier molecular flexibility index (Phi) is 6.21. The van der Waals surface area contributed by atoms with Gasteiger partial charge in [0, 0.05) is 12.8 Å². The first kappa shape index (κ1) is 17.2. The lowest BCUT2D eigenvalue weighted by Crippen LogP contribution is -2.20. The fraction of sp³-hybridized carbons (Fsp3) is 0.333. The molecule has 1 aliphatic rings. The van der Waals surface area contributed by atoms with Crippen LogP contribution < -0.4 is 4.74 Å². The van der Waals surface area contributed by atoms with Gasteiger partial charge in [0.25, 0.3) is 0 Å². The largest absolute Gasteiger partial charge is 0.490 e. The van der Waals surface area contributed by atoms with Crippen LogP contribution in [-0.4, -0.2) is 24.2 Å². The van der Waals surface area contributed by atoms with E-state index < -0.39 is 0 Å². The summed E-state index contributed by atoms with van der Waals surface area (Å²) in [5.74, 6) is 0.891. The van der Waals surface area contributed by atoms with Crippen LogP contribution in [0.4, 0.5) is 0 Å². The van der Waals surface area contributed by atoms with Crippen molar-refractivity contribution in [2.45, 2.75) is 38.2 Å². The quantitative estimate of drug-likeness (QED) is 0.645. The maximum Gasteiger partial charge on any atom is 0.180 e. The van der Waals surface area contributed by atoms with Crippen LogP contribution in [0.15, 0.2) is 65.8 Å². The molecule has 0 spiro atoms. The standard InChI is InChI=1S/C21H23NO3/c23-21(14-8-7-11-17-9-3-1-4-10-17)20-15-19(25-22-20)16-24-18-12-5-2-6-13-18/h1-6,9-10,12-13,19H,7-8,11,14-16H2. The number of hydrogen-bond acceptors (Lipinski definition) is 4. The van der Waals surface area contributed by atoms with Gasteiger partial charge < -0.3 is 9.57 Å². The smallest absolute Gasteiger partial charge is 0.180 e. The number of carbonyl (C=O) groups is 1. The summed E-state index contributed by atoms with van der Waals surface area (Å²) >= 11 is 0. The second kappa shape index (κ2) is 9.02. The minimum absolute atomic E-state index is 0.0928. The number of benzene rings is 2. The first-order valence-electron chi connectivity index (χ1n) is 8.79. The van der Waals surface area contributed by atoms with Crippen molar-refractivity contribution in [3.8, 4) is 5.75 Å². The maximum atomic E-state index is 12.2. The van der Waals surface area contributed by atoms with Crippen molar-refractivity contribution in [1.29, 1.82) is 0 Å². The summed E-state index contributed by atoms with van der Waals surface area (Å²) in [4.78, 5) is 17.6. The maximum absolute atomic E-state index is 12.2. The second-order valence-corrected chi connectivity index (χ2v) is 6.21. The Hall–Kier alpha value is -2.62. The number of rotatable bonds is 9. The first-order chi connectivity index (χ1) is 12.3. The van der Waals surface area contributed by atoms with E-state index in [1.165, 1.54) is 5.56 Å². The van der Waals surface area contributed by atoms with E-state index in [-0.39, 0.29) is 11.9 Å². The SMILES string of the molecule is O=C(CCCCc1ccccc1)C1=NOC(COc2ccccc2)C1. The van der Waals surface area contributed by atoms with Gasteiger partial charge in [0.15, 0.2) is 11.9 Å². The second-order valence-electron chi connectivity index (χ2n) is 6.21.